The second kappa shape index (κ2) is 6.02. The maximum Gasteiger partial charge on any atom is 0.226 e. The van der Waals surface area contributed by atoms with E-state index >= 15 is 0 Å². The van der Waals surface area contributed by atoms with Crippen molar-refractivity contribution >= 4 is 5.91 Å². The van der Waals surface area contributed by atoms with Crippen LogP contribution in [0.2, 0.25) is 0 Å². The third-order valence-corrected chi connectivity index (χ3v) is 4.46. The van der Waals surface area contributed by atoms with Gasteiger partial charge in [0.05, 0.1) is 18.9 Å². The van der Waals surface area contributed by atoms with Crippen molar-refractivity contribution in [3.05, 3.63) is 30.6 Å². The van der Waals surface area contributed by atoms with Gasteiger partial charge in [0.1, 0.15) is 0 Å². The first-order valence-corrected chi connectivity index (χ1v) is 7.69. The van der Waals surface area contributed by atoms with Crippen LogP contribution >= 0.6 is 0 Å². The summed E-state index contributed by atoms with van der Waals surface area (Å²) in [6.45, 7) is 5.90. The summed E-state index contributed by atoms with van der Waals surface area (Å²) in [6.07, 6.45) is 8.80. The Kier molecular flexibility index (Phi) is 4.10. The van der Waals surface area contributed by atoms with Gasteiger partial charge in [-0.05, 0) is 30.7 Å². The van der Waals surface area contributed by atoms with Crippen LogP contribution in [0.3, 0.4) is 0 Å². The highest BCUT2D eigenvalue weighted by molar-refractivity contribution is 5.83. The maximum atomic E-state index is 12.5. The zero-order valence-corrected chi connectivity index (χ0v) is 12.6. The molecule has 2 fully saturated rings. The molecule has 21 heavy (non-hydrogen) atoms. The van der Waals surface area contributed by atoms with Crippen LogP contribution in [0.25, 0.3) is 0 Å². The van der Waals surface area contributed by atoms with Crippen molar-refractivity contribution in [3.8, 4) is 0 Å². The van der Waals surface area contributed by atoms with Gasteiger partial charge in [-0.1, -0.05) is 6.08 Å². The van der Waals surface area contributed by atoms with Crippen LogP contribution < -0.4 is 0 Å². The van der Waals surface area contributed by atoms with Gasteiger partial charge in [-0.3, -0.25) is 9.48 Å². The Hall–Kier alpha value is -1.62. The molecular formula is C16H23N3O2. The smallest absolute Gasteiger partial charge is 0.226 e. The van der Waals surface area contributed by atoms with Crippen LogP contribution in [0.4, 0.5) is 0 Å². The number of piperidine rings is 1. The Bertz CT molecular complexity index is 517. The molecular weight excluding hydrogens is 266 g/mol. The maximum absolute atomic E-state index is 12.5. The molecule has 0 aromatic carbocycles. The second-order valence-electron chi connectivity index (χ2n) is 6.04. The third-order valence-electron chi connectivity index (χ3n) is 4.46. The molecule has 5 nitrogen and oxygen atoms in total. The van der Waals surface area contributed by atoms with E-state index in [-0.39, 0.29) is 12.0 Å². The van der Waals surface area contributed by atoms with E-state index in [1.165, 1.54) is 5.56 Å². The first-order chi connectivity index (χ1) is 10.2. The largest absolute Gasteiger partial charge is 0.374 e. The number of aryl methyl sites for hydroxylation is 1. The molecule has 1 aliphatic heterocycles. The van der Waals surface area contributed by atoms with Crippen molar-refractivity contribution in [2.75, 3.05) is 19.7 Å². The number of likely N-dealkylation sites (tertiary alicyclic amines) is 1. The van der Waals surface area contributed by atoms with E-state index in [1.807, 2.05) is 24.3 Å². The molecule has 0 spiro atoms. The summed E-state index contributed by atoms with van der Waals surface area (Å²) in [6, 6.07) is 0. The van der Waals surface area contributed by atoms with Crippen molar-refractivity contribution in [2.45, 2.75) is 31.3 Å². The summed E-state index contributed by atoms with van der Waals surface area (Å²) in [5, 5.41) is 4.19. The van der Waals surface area contributed by atoms with Crippen molar-refractivity contribution in [1.82, 2.24) is 14.7 Å². The molecule has 2 atom stereocenters. The van der Waals surface area contributed by atoms with Crippen LogP contribution in [-0.4, -0.2) is 46.4 Å². The lowest BCUT2D eigenvalue weighted by atomic mass is 10.1. The van der Waals surface area contributed by atoms with Gasteiger partial charge in [0.15, 0.2) is 0 Å². The van der Waals surface area contributed by atoms with E-state index in [9.17, 15) is 4.79 Å². The lowest BCUT2D eigenvalue weighted by Gasteiger charge is -2.32. The molecule has 1 saturated carbocycles. The predicted molar refractivity (Wildman–Crippen MR) is 79.8 cm³/mol. The number of hydrogen-bond donors (Lipinski definition) is 0. The highest BCUT2D eigenvalue weighted by Crippen LogP contribution is 2.48. The van der Waals surface area contributed by atoms with Gasteiger partial charge < -0.3 is 9.64 Å². The summed E-state index contributed by atoms with van der Waals surface area (Å²) in [7, 11) is 1.91. The number of carbonyl (C=O) groups excluding carboxylic acids is 1. The molecule has 2 aliphatic rings. The quantitative estimate of drug-likeness (QED) is 0.775. The SMILES string of the molecule is C=CCOC1CCN(C(=O)[C@H]2C[C@@H]2c2cnn(C)c2)CC1. The Morgan fingerprint density at radius 3 is 2.90 bits per heavy atom. The van der Waals surface area contributed by atoms with Gasteiger partial charge in [-0.15, -0.1) is 6.58 Å². The molecule has 5 heteroatoms. The number of amides is 1. The number of carbonyl (C=O) groups is 1. The molecule has 0 radical (unpaired) electrons. The van der Waals surface area contributed by atoms with Crippen molar-refractivity contribution in [1.29, 1.82) is 0 Å². The van der Waals surface area contributed by atoms with E-state index in [1.54, 1.807) is 10.8 Å². The van der Waals surface area contributed by atoms with Crippen LogP contribution in [0.1, 0.15) is 30.7 Å². The van der Waals surface area contributed by atoms with Gasteiger partial charge >= 0.3 is 0 Å². The number of hydrogen-bond acceptors (Lipinski definition) is 3. The molecule has 0 bridgehead atoms. The van der Waals surface area contributed by atoms with Crippen LogP contribution in [0.5, 0.6) is 0 Å². The first kappa shape index (κ1) is 14.3. The normalized spacial score (nSPS) is 25.9. The average Bonchev–Trinajstić information content (AvgIpc) is 3.19. The van der Waals surface area contributed by atoms with Crippen LogP contribution in [0, 0.1) is 5.92 Å². The molecule has 1 amide bonds. The molecule has 1 aliphatic carbocycles. The second-order valence-corrected chi connectivity index (χ2v) is 6.04. The van der Waals surface area contributed by atoms with Gasteiger partial charge in [0.2, 0.25) is 5.91 Å². The summed E-state index contributed by atoms with van der Waals surface area (Å²) < 4.78 is 7.47. The van der Waals surface area contributed by atoms with Crippen molar-refractivity contribution in [2.24, 2.45) is 13.0 Å². The Morgan fingerprint density at radius 2 is 2.29 bits per heavy atom. The lowest BCUT2D eigenvalue weighted by molar-refractivity contribution is -0.135. The summed E-state index contributed by atoms with van der Waals surface area (Å²) in [5.74, 6) is 0.854. The highest BCUT2D eigenvalue weighted by Gasteiger charge is 2.46. The molecule has 1 saturated heterocycles. The first-order valence-electron chi connectivity index (χ1n) is 7.69. The molecule has 114 valence electrons. The van der Waals surface area contributed by atoms with Gasteiger partial charge in [-0.2, -0.15) is 5.10 Å². The van der Waals surface area contributed by atoms with Crippen molar-refractivity contribution in [3.63, 3.8) is 0 Å². The topological polar surface area (TPSA) is 47.4 Å². The fourth-order valence-electron chi connectivity index (χ4n) is 3.15. The minimum Gasteiger partial charge on any atom is -0.374 e. The van der Waals surface area contributed by atoms with Crippen LogP contribution in [-0.2, 0) is 16.6 Å². The van der Waals surface area contributed by atoms with E-state index in [0.29, 0.717) is 18.4 Å². The van der Waals surface area contributed by atoms with E-state index in [0.717, 1.165) is 32.4 Å². The Morgan fingerprint density at radius 1 is 1.52 bits per heavy atom. The summed E-state index contributed by atoms with van der Waals surface area (Å²) in [5.41, 5.74) is 1.19. The van der Waals surface area contributed by atoms with Gasteiger partial charge in [0.25, 0.3) is 0 Å². The van der Waals surface area contributed by atoms with E-state index in [4.69, 9.17) is 4.74 Å². The monoisotopic (exact) mass is 289 g/mol. The zero-order chi connectivity index (χ0) is 14.8. The minimum absolute atomic E-state index is 0.167. The molecule has 0 unspecified atom stereocenters. The van der Waals surface area contributed by atoms with E-state index in [2.05, 4.69) is 11.7 Å². The van der Waals surface area contributed by atoms with Crippen molar-refractivity contribution < 1.29 is 9.53 Å². The Balaban J connectivity index is 1.48. The minimum atomic E-state index is 0.167. The number of ether oxygens (including phenoxy) is 1. The number of aromatic nitrogens is 2. The summed E-state index contributed by atoms with van der Waals surface area (Å²) >= 11 is 0. The predicted octanol–water partition coefficient (Wildman–Crippen LogP) is 1.72. The third kappa shape index (κ3) is 3.18. The van der Waals surface area contributed by atoms with Crippen LogP contribution in [0.15, 0.2) is 25.0 Å². The fourth-order valence-corrected chi connectivity index (χ4v) is 3.15. The zero-order valence-electron chi connectivity index (χ0n) is 12.6. The molecule has 0 N–H and O–H groups in total. The lowest BCUT2D eigenvalue weighted by Crippen LogP contribution is -2.41. The fraction of sp³-hybridized carbons (Fsp3) is 0.625. The van der Waals surface area contributed by atoms with E-state index < -0.39 is 0 Å². The van der Waals surface area contributed by atoms with Gasteiger partial charge in [0, 0.05) is 32.3 Å². The molecule has 1 aromatic heterocycles. The molecule has 1 aromatic rings. The average molecular weight is 289 g/mol. The Labute approximate surface area is 125 Å². The number of nitrogens with zero attached hydrogens (tertiary/aromatic N) is 3. The molecule has 3 rings (SSSR count). The standard InChI is InChI=1S/C16H23N3O2/c1-3-8-21-13-4-6-19(7-5-13)16(20)15-9-14(15)12-10-17-18(2)11-12/h3,10-11,13-15H,1,4-9H2,2H3/t14-,15+/m1/s1. The van der Waals surface area contributed by atoms with Gasteiger partial charge in [-0.25, -0.2) is 0 Å². The highest BCUT2D eigenvalue weighted by atomic mass is 16.5. The summed E-state index contributed by atoms with van der Waals surface area (Å²) in [4.78, 5) is 14.5. The molecule has 2 heterocycles. The number of rotatable bonds is 5.